The van der Waals surface area contributed by atoms with Crippen LogP contribution in [-0.4, -0.2) is 32.0 Å². The van der Waals surface area contributed by atoms with Crippen LogP contribution in [0.15, 0.2) is 228 Å². The highest BCUT2D eigenvalue weighted by atomic mass is 32.2. The van der Waals surface area contributed by atoms with E-state index in [9.17, 15) is 4.79 Å². The number of ether oxygens (including phenoxy) is 4. The molecule has 0 atom stereocenters. The van der Waals surface area contributed by atoms with Gasteiger partial charge < -0.3 is 18.9 Å². The van der Waals surface area contributed by atoms with Gasteiger partial charge in [0.1, 0.15) is 34.5 Å². The van der Waals surface area contributed by atoms with Crippen LogP contribution in [0.1, 0.15) is 39.6 Å². The molecule has 0 aliphatic rings. The molecular weight excluding hydrogens is 859 g/mol. The van der Waals surface area contributed by atoms with E-state index in [0.29, 0.717) is 16.9 Å². The quantitative estimate of drug-likeness (QED) is 0.0615. The van der Waals surface area contributed by atoms with Gasteiger partial charge in [-0.15, -0.1) is 11.8 Å². The number of para-hydroxylation sites is 1. The van der Waals surface area contributed by atoms with E-state index in [-0.39, 0.29) is 7.21 Å². The van der Waals surface area contributed by atoms with Gasteiger partial charge in [0.2, 0.25) is 0 Å². The fourth-order valence-electron chi connectivity index (χ4n) is 7.35. The maximum Gasteiger partial charge on any atom is 0.193 e. The summed E-state index contributed by atoms with van der Waals surface area (Å²) in [6.45, 7) is 4.18. The molecule has 0 radical (unpaired) electrons. The molecule has 0 aromatic heterocycles. The van der Waals surface area contributed by atoms with Crippen LogP contribution < -0.4 is 18.9 Å². The van der Waals surface area contributed by atoms with Crippen LogP contribution in [0.25, 0.3) is 22.3 Å². The molecule has 0 saturated heterocycles. The van der Waals surface area contributed by atoms with Gasteiger partial charge in [-0.3, -0.25) is 4.79 Å². The maximum atomic E-state index is 12.6. The molecule has 9 rings (SSSR count). The Morgan fingerprint density at radius 2 is 0.706 bits per heavy atom. The van der Waals surface area contributed by atoms with Gasteiger partial charge in [0.15, 0.2) is 5.78 Å². The molecule has 0 spiro atoms. The summed E-state index contributed by atoms with van der Waals surface area (Å²) >= 11 is 1.69. The van der Waals surface area contributed by atoms with Crippen LogP contribution >= 0.6 is 11.8 Å². The van der Waals surface area contributed by atoms with Crippen LogP contribution in [0.5, 0.6) is 34.5 Å². The zero-order valence-electron chi connectivity index (χ0n) is 38.7. The second-order valence-electron chi connectivity index (χ2n) is 16.0. The van der Waals surface area contributed by atoms with Gasteiger partial charge in [0, 0.05) is 28.6 Å². The number of methoxy groups -OCH3 is 2. The highest BCUT2D eigenvalue weighted by Gasteiger charge is 2.12. The molecule has 9 aromatic carbocycles. The van der Waals surface area contributed by atoms with Crippen molar-refractivity contribution in [3.05, 3.63) is 252 Å². The van der Waals surface area contributed by atoms with E-state index in [4.69, 9.17) is 23.9 Å². The van der Waals surface area contributed by atoms with E-state index < -0.39 is 0 Å². The first kappa shape index (κ1) is 46.4. The SMILES string of the molecule is COc1ccc(C(=Nc2ccccc2SC)c2ccc(Oc3ccc(-c4ccc(C)cc4)cc3)cc2)cc1.COc1ccc(C(=O)c2ccc(Oc3ccc(-c4ccc(C)cc4)cc3)cc2)cc1.[2HH]. The van der Waals surface area contributed by atoms with Crippen molar-refractivity contribution >= 4 is 28.9 Å². The van der Waals surface area contributed by atoms with Gasteiger partial charge in [0.25, 0.3) is 0 Å². The van der Waals surface area contributed by atoms with Gasteiger partial charge in [-0.05, 0) is 176 Å². The highest BCUT2D eigenvalue weighted by Crippen LogP contribution is 2.32. The molecule has 0 unspecified atom stereocenters. The summed E-state index contributed by atoms with van der Waals surface area (Å²) in [5.41, 5.74) is 12.3. The minimum atomic E-state index is -0.0355. The summed E-state index contributed by atoms with van der Waals surface area (Å²) in [6, 6.07) is 71.7. The maximum absolute atomic E-state index is 12.6. The molecule has 0 aliphatic carbocycles. The standard InChI is InChI=1S/C34H29NO2S.C27H22O3.H2/c1-24-8-10-25(11-9-24)26-12-20-30(21-13-26)37-31-22-16-28(17-23-31)34(27-14-18-29(36-2)19-15-27)35-32-6-4-5-7-33(32)38-3;1-19-3-5-20(6-4-19)21-7-15-25(16-8-21)30-26-17-11-23(12-18-26)27(28)22-9-13-24(29-2)14-10-22;/h4-23H,1-3H3;3-18H,1-2H3;1H/i;;1+1. The molecule has 0 aliphatic heterocycles. The zero-order valence-corrected chi connectivity index (χ0v) is 39.5. The van der Waals surface area contributed by atoms with Gasteiger partial charge in [-0.25, -0.2) is 4.99 Å². The molecule has 338 valence electrons. The van der Waals surface area contributed by atoms with Gasteiger partial charge in [-0.1, -0.05) is 96.1 Å². The summed E-state index contributed by atoms with van der Waals surface area (Å²) in [4.78, 5) is 18.9. The van der Waals surface area contributed by atoms with E-state index in [1.807, 2.05) is 103 Å². The predicted octanol–water partition coefficient (Wildman–Crippen LogP) is 16.3. The number of rotatable bonds is 14. The monoisotopic (exact) mass is 912 g/mol. The minimum Gasteiger partial charge on any atom is -0.497 e. The lowest BCUT2D eigenvalue weighted by Gasteiger charge is -2.12. The normalized spacial score (nSPS) is 10.9. The van der Waals surface area contributed by atoms with Crippen LogP contribution in [0.2, 0.25) is 0 Å². The molecule has 0 amide bonds. The van der Waals surface area contributed by atoms with Crippen molar-refractivity contribution in [1.29, 1.82) is 0 Å². The first-order chi connectivity index (χ1) is 33.2. The molecular formula is C61H53NO5S. The van der Waals surface area contributed by atoms with Crippen LogP contribution in [0.3, 0.4) is 0 Å². The van der Waals surface area contributed by atoms with Crippen molar-refractivity contribution in [3.63, 3.8) is 0 Å². The number of thioether (sulfide) groups is 1. The van der Waals surface area contributed by atoms with Crippen LogP contribution in [-0.2, 0) is 0 Å². The zero-order chi connectivity index (χ0) is 47.2. The Morgan fingerprint density at radius 3 is 1.06 bits per heavy atom. The van der Waals surface area contributed by atoms with E-state index in [0.717, 1.165) is 61.7 Å². The van der Waals surface area contributed by atoms with Gasteiger partial charge in [0.05, 0.1) is 25.6 Å². The van der Waals surface area contributed by atoms with E-state index >= 15 is 0 Å². The molecule has 0 heterocycles. The molecule has 7 heteroatoms. The largest absolute Gasteiger partial charge is 0.497 e. The Hall–Kier alpha value is -8.13. The minimum absolute atomic E-state index is 0. The molecule has 6 nitrogen and oxygen atoms in total. The van der Waals surface area contributed by atoms with Crippen molar-refractivity contribution in [1.82, 2.24) is 0 Å². The van der Waals surface area contributed by atoms with E-state index in [1.165, 1.54) is 27.8 Å². The van der Waals surface area contributed by atoms with Gasteiger partial charge >= 0.3 is 0 Å². The molecule has 68 heavy (non-hydrogen) atoms. The van der Waals surface area contributed by atoms with Crippen molar-refractivity contribution in [2.75, 3.05) is 20.5 Å². The predicted molar refractivity (Wildman–Crippen MR) is 281 cm³/mol. The second-order valence-corrected chi connectivity index (χ2v) is 16.8. The van der Waals surface area contributed by atoms with Crippen molar-refractivity contribution in [3.8, 4) is 56.8 Å². The summed E-state index contributed by atoms with van der Waals surface area (Å²) in [5, 5.41) is 0. The fraction of sp³-hybridized carbons (Fsp3) is 0.0820. The highest BCUT2D eigenvalue weighted by molar-refractivity contribution is 7.98. The van der Waals surface area contributed by atoms with Gasteiger partial charge in [-0.2, -0.15) is 0 Å². The van der Waals surface area contributed by atoms with Crippen molar-refractivity contribution < 1.29 is 25.2 Å². The Balaban J connectivity index is 0.000000206. The number of hydrogen-bond acceptors (Lipinski definition) is 7. The lowest BCUT2D eigenvalue weighted by molar-refractivity contribution is 0.103. The number of carbonyl (C=O) groups is 1. The lowest BCUT2D eigenvalue weighted by Crippen LogP contribution is -2.03. The summed E-state index contributed by atoms with van der Waals surface area (Å²) < 4.78 is 22.6. The van der Waals surface area contributed by atoms with Crippen LogP contribution in [0.4, 0.5) is 5.69 Å². The number of carbonyl (C=O) groups excluding carboxylic acids is 1. The Kier molecular flexibility index (Phi) is 15.3. The van der Waals surface area contributed by atoms with E-state index in [2.05, 4.69) is 99.0 Å². The number of nitrogens with zero attached hydrogens (tertiary/aromatic N) is 1. The summed E-state index contributed by atoms with van der Waals surface area (Å²) in [5.74, 6) is 4.51. The number of aryl methyl sites for hydroxylation is 2. The Morgan fingerprint density at radius 1 is 0.397 bits per heavy atom. The molecule has 0 fully saturated rings. The smallest absolute Gasteiger partial charge is 0.193 e. The molecule has 0 saturated carbocycles. The summed E-state index contributed by atoms with van der Waals surface area (Å²) in [7, 11) is 3.28. The first-order valence-electron chi connectivity index (χ1n) is 22.2. The third kappa shape index (κ3) is 12.0. The fourth-order valence-corrected chi connectivity index (χ4v) is 7.88. The summed E-state index contributed by atoms with van der Waals surface area (Å²) in [6.07, 6.45) is 2.07. The number of ketones is 1. The van der Waals surface area contributed by atoms with Crippen molar-refractivity contribution in [2.45, 2.75) is 18.7 Å². The second kappa shape index (κ2) is 22.4. The third-order valence-electron chi connectivity index (χ3n) is 11.2. The molecule has 0 bridgehead atoms. The number of aliphatic imine (C=N–C) groups is 1. The van der Waals surface area contributed by atoms with E-state index in [1.54, 1.807) is 62.4 Å². The lowest BCUT2D eigenvalue weighted by atomic mass is 10.0. The molecule has 0 N–H and O–H groups in total. The topological polar surface area (TPSA) is 66.3 Å². The number of hydrogen-bond donors (Lipinski definition) is 0. The Labute approximate surface area is 405 Å². The molecule has 9 aromatic rings. The van der Waals surface area contributed by atoms with Crippen molar-refractivity contribution in [2.24, 2.45) is 4.99 Å². The number of benzene rings is 9. The third-order valence-corrected chi connectivity index (χ3v) is 12.0. The Bertz CT molecular complexity index is 3080. The van der Waals surface area contributed by atoms with Crippen LogP contribution in [0, 0.1) is 13.8 Å². The average molecular weight is 913 g/mol. The average Bonchev–Trinajstić information content (AvgIpc) is 3.39. The first-order valence-corrected chi connectivity index (χ1v) is 23.4.